The Morgan fingerprint density at radius 3 is 2.77 bits per heavy atom. The van der Waals surface area contributed by atoms with E-state index in [1.807, 2.05) is 0 Å². The van der Waals surface area contributed by atoms with Crippen LogP contribution < -0.4 is 5.31 Å². The van der Waals surface area contributed by atoms with E-state index in [9.17, 15) is 9.59 Å². The molecule has 2 aromatic rings. The smallest absolute Gasteiger partial charge is 0.325 e. The highest BCUT2D eigenvalue weighted by Gasteiger charge is 2.43. The summed E-state index contributed by atoms with van der Waals surface area (Å²) in [6.07, 6.45) is 1.26. The molecule has 2 heterocycles. The van der Waals surface area contributed by atoms with Crippen molar-refractivity contribution >= 4 is 34.4 Å². The van der Waals surface area contributed by atoms with Crippen molar-refractivity contribution in [3.8, 4) is 0 Å². The zero-order valence-corrected chi connectivity index (χ0v) is 13.3. The fraction of sp³-hybridized carbons (Fsp3) is 0.375. The van der Waals surface area contributed by atoms with E-state index in [0.29, 0.717) is 26.8 Å². The molecule has 0 bridgehead atoms. The zero-order valence-electron chi connectivity index (χ0n) is 15.6. The number of para-hydroxylation sites is 1. The molecule has 3 rings (SSSR count). The number of carbonyl (C=O) groups is 2. The molecule has 1 aromatic heterocycles. The van der Waals surface area contributed by atoms with Crippen molar-refractivity contribution in [1.29, 1.82) is 0 Å². The SMILES string of the molecule is [2H]N1C(=O)N(C(C)(C)C)C(=O)C1([2H])Cc1cn([2H])c2c(Cl)cccc12. The zero-order chi connectivity index (χ0) is 18.7. The number of fused-ring (bicyclic) bond motifs is 1. The Labute approximate surface area is 138 Å². The highest BCUT2D eigenvalue weighted by Crippen LogP contribution is 2.27. The van der Waals surface area contributed by atoms with Gasteiger partial charge in [0.25, 0.3) is 5.91 Å². The third-order valence-corrected chi connectivity index (χ3v) is 3.89. The molecule has 22 heavy (non-hydrogen) atoms. The quantitative estimate of drug-likeness (QED) is 0.834. The molecule has 0 spiro atoms. The third-order valence-electron chi connectivity index (χ3n) is 3.58. The second-order valence-corrected chi connectivity index (χ2v) is 6.66. The van der Waals surface area contributed by atoms with Crippen LogP contribution >= 0.6 is 11.6 Å². The number of hydrogen-bond acceptors (Lipinski definition) is 2. The monoisotopic (exact) mass is 322 g/mol. The van der Waals surface area contributed by atoms with Gasteiger partial charge < -0.3 is 10.3 Å². The molecular weight excluding hydrogens is 302 g/mol. The van der Waals surface area contributed by atoms with E-state index in [1.165, 1.54) is 6.20 Å². The molecule has 116 valence electrons. The molecule has 1 saturated heterocycles. The molecule has 6 heteroatoms. The summed E-state index contributed by atoms with van der Waals surface area (Å²) in [5.74, 6) is -0.743. The molecule has 0 saturated carbocycles. The fourth-order valence-corrected chi connectivity index (χ4v) is 2.80. The summed E-state index contributed by atoms with van der Waals surface area (Å²) in [5, 5.41) is 1.42. The summed E-state index contributed by atoms with van der Waals surface area (Å²) in [4.78, 5) is 27.2. The number of carbonyl (C=O) groups excluding carboxylic acids is 2. The van der Waals surface area contributed by atoms with Crippen LogP contribution in [0.4, 0.5) is 4.79 Å². The van der Waals surface area contributed by atoms with Crippen LogP contribution in [-0.4, -0.2) is 33.4 Å². The summed E-state index contributed by atoms with van der Waals surface area (Å²) in [6.45, 7) is 5.04. The number of nitrogens with zero attached hydrogens (tertiary/aromatic N) is 1. The molecule has 1 aromatic carbocycles. The number of halogens is 1. The lowest BCUT2D eigenvalue weighted by atomic mass is 10.0. The number of aromatic amines is 1. The third kappa shape index (κ3) is 2.35. The molecule has 1 aliphatic rings. The number of urea groups is 1. The van der Waals surface area contributed by atoms with Crippen LogP contribution in [-0.2, 0) is 11.2 Å². The van der Waals surface area contributed by atoms with Crippen molar-refractivity contribution in [3.63, 3.8) is 0 Å². The lowest BCUT2D eigenvalue weighted by molar-refractivity contribution is -0.130. The summed E-state index contributed by atoms with van der Waals surface area (Å²) in [6, 6.07) is 2.20. The second-order valence-electron chi connectivity index (χ2n) is 6.25. The first kappa shape index (κ1) is 11.5. The topological polar surface area (TPSA) is 65.2 Å². The van der Waals surface area contributed by atoms with Gasteiger partial charge in [0.1, 0.15) is 6.02 Å². The molecule has 1 aliphatic heterocycles. The highest BCUT2D eigenvalue weighted by atomic mass is 35.5. The maximum absolute atomic E-state index is 12.8. The number of amides is 3. The van der Waals surface area contributed by atoms with Crippen molar-refractivity contribution < 1.29 is 13.8 Å². The van der Waals surface area contributed by atoms with Gasteiger partial charge in [-0.1, -0.05) is 23.7 Å². The normalized spacial score (nSPS) is 24.8. The molecular formula is C16H18ClN3O2. The fourth-order valence-electron chi connectivity index (χ4n) is 2.57. The number of benzene rings is 1. The Morgan fingerprint density at radius 1 is 1.41 bits per heavy atom. The molecule has 0 aliphatic carbocycles. The Hall–Kier alpha value is -2.01. The van der Waals surface area contributed by atoms with Gasteiger partial charge in [-0.3, -0.25) is 9.69 Å². The van der Waals surface area contributed by atoms with Crippen molar-refractivity contribution in [1.82, 2.24) is 15.2 Å². The van der Waals surface area contributed by atoms with Crippen LogP contribution in [0.1, 0.15) is 27.7 Å². The van der Waals surface area contributed by atoms with Crippen molar-refractivity contribution in [2.45, 2.75) is 38.7 Å². The average Bonchev–Trinajstić information content (AvgIpc) is 2.89. The number of nitrogens with one attached hydrogen (secondary N) is 2. The van der Waals surface area contributed by atoms with Crippen LogP contribution in [0.2, 0.25) is 7.85 Å². The van der Waals surface area contributed by atoms with E-state index in [2.05, 4.69) is 0 Å². The van der Waals surface area contributed by atoms with Crippen LogP contribution in [0.5, 0.6) is 0 Å². The summed E-state index contributed by atoms with van der Waals surface area (Å²) in [7, 11) is 0. The number of rotatable bonds is 2. The van der Waals surface area contributed by atoms with E-state index in [0.717, 1.165) is 9.88 Å². The van der Waals surface area contributed by atoms with E-state index < -0.39 is 23.5 Å². The van der Waals surface area contributed by atoms with Gasteiger partial charge in [0.2, 0.25) is 0 Å². The van der Waals surface area contributed by atoms with Gasteiger partial charge >= 0.3 is 6.03 Å². The van der Waals surface area contributed by atoms with Crippen LogP contribution in [0.15, 0.2) is 24.4 Å². The minimum atomic E-state index is -2.08. The maximum atomic E-state index is 12.8. The predicted octanol–water partition coefficient (Wildman–Crippen LogP) is 3.08. The summed E-state index contributed by atoms with van der Waals surface area (Å²) in [5.41, 5.74) is 0.142. The highest BCUT2D eigenvalue weighted by molar-refractivity contribution is 6.35. The van der Waals surface area contributed by atoms with E-state index in [1.54, 1.807) is 39.0 Å². The Balaban J connectivity index is 2.07. The predicted molar refractivity (Wildman–Crippen MR) is 85.9 cm³/mol. The van der Waals surface area contributed by atoms with Gasteiger partial charge in [-0.2, -0.15) is 0 Å². The van der Waals surface area contributed by atoms with Gasteiger partial charge in [-0.25, -0.2) is 4.79 Å². The van der Waals surface area contributed by atoms with Gasteiger partial charge in [0, 0.05) is 23.5 Å². The first-order valence-corrected chi connectivity index (χ1v) is 7.31. The second kappa shape index (κ2) is 5.02. The van der Waals surface area contributed by atoms with Gasteiger partial charge in [-0.05, 0) is 32.4 Å². The molecule has 5 nitrogen and oxygen atoms in total. The Kier molecular flexibility index (Phi) is 2.63. The first-order chi connectivity index (χ1) is 11.5. The standard InChI is InChI=1S/C16H18ClN3O2/c1-16(2,3)20-14(21)12(19-15(20)22)7-9-8-18-13-10(9)5-4-6-11(13)17/h4-6,8,12,18H,7H2,1-3H3,(H,19,22)/i12D/hD2. The van der Waals surface area contributed by atoms with Gasteiger partial charge in [0.05, 0.1) is 11.9 Å². The molecule has 0 radical (unpaired) electrons. The molecule has 1 atom stereocenters. The average molecular weight is 323 g/mol. The van der Waals surface area contributed by atoms with Gasteiger partial charge in [0.15, 0.2) is 2.82 Å². The lowest BCUT2D eigenvalue weighted by Crippen LogP contribution is -2.46. The Bertz CT molecular complexity index is 893. The number of hydrogen-bond donors (Lipinski definition) is 2. The summed E-state index contributed by atoms with van der Waals surface area (Å²) < 4.78 is 24.5. The van der Waals surface area contributed by atoms with Crippen molar-refractivity contribution in [3.05, 3.63) is 35.0 Å². The number of aromatic nitrogens is 1. The molecule has 2 N–H and O–H groups in total. The van der Waals surface area contributed by atoms with E-state index in [-0.39, 0.29) is 6.42 Å². The number of imide groups is 1. The van der Waals surface area contributed by atoms with E-state index in [4.69, 9.17) is 15.8 Å². The maximum Gasteiger partial charge on any atom is 0.325 e. The first-order valence-electron chi connectivity index (χ1n) is 8.33. The molecule has 3 amide bonds. The lowest BCUT2D eigenvalue weighted by Gasteiger charge is -2.28. The van der Waals surface area contributed by atoms with Crippen LogP contribution in [0, 0.1) is 0 Å². The molecule has 1 fully saturated rings. The minimum Gasteiger partial charge on any atom is -0.360 e. The van der Waals surface area contributed by atoms with E-state index >= 15 is 0 Å². The summed E-state index contributed by atoms with van der Waals surface area (Å²) >= 11 is 6.13. The largest absolute Gasteiger partial charge is 0.360 e. The van der Waals surface area contributed by atoms with Crippen LogP contribution in [0.3, 0.4) is 0 Å². The van der Waals surface area contributed by atoms with Crippen molar-refractivity contribution in [2.75, 3.05) is 0 Å². The van der Waals surface area contributed by atoms with Crippen molar-refractivity contribution in [2.24, 2.45) is 0 Å². The minimum absolute atomic E-state index is 0.198. The Morgan fingerprint density at radius 2 is 2.14 bits per heavy atom. The number of H-pyrrole nitrogens is 1. The van der Waals surface area contributed by atoms with Crippen LogP contribution in [0.25, 0.3) is 10.9 Å². The van der Waals surface area contributed by atoms with Gasteiger partial charge in [-0.15, -0.1) is 0 Å². The molecule has 1 unspecified atom stereocenters.